The fourth-order valence-corrected chi connectivity index (χ4v) is 3.54. The van der Waals surface area contributed by atoms with Gasteiger partial charge in [0.1, 0.15) is 5.82 Å². The van der Waals surface area contributed by atoms with Crippen LogP contribution in [-0.2, 0) is 7.05 Å². The third-order valence-electron chi connectivity index (χ3n) is 4.63. The Kier molecular flexibility index (Phi) is 3.56. The zero-order valence-corrected chi connectivity index (χ0v) is 11.7. The number of nitrogens with zero attached hydrogens (tertiary/aromatic N) is 2. The summed E-state index contributed by atoms with van der Waals surface area (Å²) >= 11 is 0. The number of imidazole rings is 1. The van der Waals surface area contributed by atoms with Crippen LogP contribution in [0.15, 0.2) is 24.3 Å². The Morgan fingerprint density at radius 2 is 2.00 bits per heavy atom. The summed E-state index contributed by atoms with van der Waals surface area (Å²) < 4.78 is 2.24. The van der Waals surface area contributed by atoms with E-state index in [0.29, 0.717) is 18.4 Å². The summed E-state index contributed by atoms with van der Waals surface area (Å²) in [5, 5.41) is 0. The van der Waals surface area contributed by atoms with Crippen molar-refractivity contribution >= 4 is 11.0 Å². The molecule has 1 aromatic carbocycles. The smallest absolute Gasteiger partial charge is 0.114 e. The number of nitrogens with two attached hydrogens (primary N) is 1. The zero-order valence-electron chi connectivity index (χ0n) is 11.7. The number of benzene rings is 1. The Balaban J connectivity index is 1.98. The highest BCUT2D eigenvalue weighted by Crippen LogP contribution is 2.35. The summed E-state index contributed by atoms with van der Waals surface area (Å²) in [6, 6.07) is 8.36. The van der Waals surface area contributed by atoms with Crippen molar-refractivity contribution in [1.29, 1.82) is 0 Å². The van der Waals surface area contributed by atoms with Gasteiger partial charge in [-0.3, -0.25) is 0 Å². The predicted octanol–water partition coefficient (Wildman–Crippen LogP) is 3.20. The maximum absolute atomic E-state index is 6.07. The van der Waals surface area contributed by atoms with E-state index in [9.17, 15) is 0 Å². The molecule has 0 radical (unpaired) electrons. The molecule has 0 spiro atoms. The number of hydrogen-bond donors (Lipinski definition) is 1. The van der Waals surface area contributed by atoms with Gasteiger partial charge in [-0.1, -0.05) is 31.4 Å². The van der Waals surface area contributed by atoms with Crippen LogP contribution in [0.25, 0.3) is 11.0 Å². The first-order valence-electron chi connectivity index (χ1n) is 7.42. The molecule has 3 heteroatoms. The molecule has 1 atom stereocenters. The summed E-state index contributed by atoms with van der Waals surface area (Å²) in [6.07, 6.45) is 6.71. The molecule has 0 bridgehead atoms. The van der Waals surface area contributed by atoms with E-state index in [1.807, 2.05) is 0 Å². The molecule has 1 heterocycles. The van der Waals surface area contributed by atoms with Crippen LogP contribution in [0.3, 0.4) is 0 Å². The molecule has 3 rings (SSSR count). The summed E-state index contributed by atoms with van der Waals surface area (Å²) in [5.74, 6) is 2.31. The van der Waals surface area contributed by atoms with Gasteiger partial charge in [0.15, 0.2) is 0 Å². The Hall–Kier alpha value is -1.35. The van der Waals surface area contributed by atoms with Crippen molar-refractivity contribution in [1.82, 2.24) is 9.55 Å². The first kappa shape index (κ1) is 12.7. The van der Waals surface area contributed by atoms with E-state index < -0.39 is 0 Å². The van der Waals surface area contributed by atoms with Gasteiger partial charge in [0.25, 0.3) is 0 Å². The minimum atomic E-state index is 0.415. The van der Waals surface area contributed by atoms with Gasteiger partial charge in [0.2, 0.25) is 0 Å². The average Bonchev–Trinajstić information content (AvgIpc) is 2.79. The molecule has 1 aliphatic rings. The highest BCUT2D eigenvalue weighted by atomic mass is 15.1. The molecule has 2 N–H and O–H groups in total. The quantitative estimate of drug-likeness (QED) is 0.917. The minimum Gasteiger partial charge on any atom is -0.331 e. The molecule has 1 aliphatic carbocycles. The maximum Gasteiger partial charge on any atom is 0.114 e. The molecule has 1 fully saturated rings. The van der Waals surface area contributed by atoms with Crippen molar-refractivity contribution in [2.75, 3.05) is 6.54 Å². The molecule has 0 amide bonds. The Morgan fingerprint density at radius 3 is 2.68 bits per heavy atom. The summed E-state index contributed by atoms with van der Waals surface area (Å²) in [4.78, 5) is 4.84. The van der Waals surface area contributed by atoms with Crippen molar-refractivity contribution in [2.45, 2.75) is 38.0 Å². The van der Waals surface area contributed by atoms with Crippen molar-refractivity contribution in [3.8, 4) is 0 Å². The lowest BCUT2D eigenvalue weighted by atomic mass is 9.79. The van der Waals surface area contributed by atoms with Crippen LogP contribution in [0.1, 0.15) is 43.8 Å². The average molecular weight is 257 g/mol. The topological polar surface area (TPSA) is 43.8 Å². The first-order chi connectivity index (χ1) is 9.31. The second-order valence-corrected chi connectivity index (χ2v) is 5.76. The largest absolute Gasteiger partial charge is 0.331 e. The first-order valence-corrected chi connectivity index (χ1v) is 7.42. The van der Waals surface area contributed by atoms with Crippen LogP contribution >= 0.6 is 0 Å². The molecule has 3 nitrogen and oxygen atoms in total. The van der Waals surface area contributed by atoms with Crippen molar-refractivity contribution < 1.29 is 0 Å². The molecule has 0 aliphatic heterocycles. The van der Waals surface area contributed by atoms with Crippen LogP contribution in [-0.4, -0.2) is 16.1 Å². The SMILES string of the molecule is Cn1c(C(CN)C2CCCCC2)nc2ccccc21. The standard InChI is InChI=1S/C16H23N3/c1-19-15-10-6-5-9-14(15)18-16(19)13(11-17)12-7-3-2-4-8-12/h5-6,9-10,12-13H,2-4,7-8,11,17H2,1H3. The molecule has 2 aromatic rings. The highest BCUT2D eigenvalue weighted by Gasteiger charge is 2.27. The molecule has 1 unspecified atom stereocenters. The maximum atomic E-state index is 6.07. The lowest BCUT2D eigenvalue weighted by molar-refractivity contribution is 0.297. The van der Waals surface area contributed by atoms with Gasteiger partial charge in [0, 0.05) is 19.5 Å². The number of fused-ring (bicyclic) bond motifs is 1. The van der Waals surface area contributed by atoms with E-state index >= 15 is 0 Å². The van der Waals surface area contributed by atoms with Gasteiger partial charge in [-0.2, -0.15) is 0 Å². The van der Waals surface area contributed by atoms with E-state index in [4.69, 9.17) is 10.7 Å². The van der Waals surface area contributed by atoms with Gasteiger partial charge >= 0.3 is 0 Å². The van der Waals surface area contributed by atoms with Gasteiger partial charge in [-0.05, 0) is 30.9 Å². The lowest BCUT2D eigenvalue weighted by Gasteiger charge is -2.29. The molecule has 0 saturated heterocycles. The summed E-state index contributed by atoms with van der Waals surface area (Å²) in [6.45, 7) is 0.710. The number of hydrogen-bond acceptors (Lipinski definition) is 2. The van der Waals surface area contributed by atoms with Gasteiger partial charge in [0.05, 0.1) is 11.0 Å². The van der Waals surface area contributed by atoms with Gasteiger partial charge in [-0.15, -0.1) is 0 Å². The van der Waals surface area contributed by atoms with Crippen molar-refractivity contribution in [3.63, 3.8) is 0 Å². The van der Waals surface area contributed by atoms with Crippen LogP contribution < -0.4 is 5.73 Å². The third-order valence-corrected chi connectivity index (χ3v) is 4.63. The summed E-state index contributed by atoms with van der Waals surface area (Å²) in [7, 11) is 2.12. The molecular weight excluding hydrogens is 234 g/mol. The fourth-order valence-electron chi connectivity index (χ4n) is 3.54. The van der Waals surface area contributed by atoms with Crippen LogP contribution in [0.2, 0.25) is 0 Å². The van der Waals surface area contributed by atoms with E-state index in [2.05, 4.69) is 35.9 Å². The van der Waals surface area contributed by atoms with Gasteiger partial charge in [-0.25, -0.2) is 4.98 Å². The predicted molar refractivity (Wildman–Crippen MR) is 79.1 cm³/mol. The molecule has 102 valence electrons. The molecular formula is C16H23N3. The minimum absolute atomic E-state index is 0.415. The Bertz CT molecular complexity index is 552. The third kappa shape index (κ3) is 2.27. The Labute approximate surface area is 114 Å². The molecule has 19 heavy (non-hydrogen) atoms. The van der Waals surface area contributed by atoms with Crippen LogP contribution in [0.4, 0.5) is 0 Å². The van der Waals surface area contributed by atoms with E-state index in [-0.39, 0.29) is 0 Å². The van der Waals surface area contributed by atoms with Crippen LogP contribution in [0.5, 0.6) is 0 Å². The monoisotopic (exact) mass is 257 g/mol. The lowest BCUT2D eigenvalue weighted by Crippen LogP contribution is -2.26. The number of para-hydroxylation sites is 2. The van der Waals surface area contributed by atoms with Crippen LogP contribution in [0, 0.1) is 5.92 Å². The molecule has 1 aromatic heterocycles. The van der Waals surface area contributed by atoms with E-state index in [1.54, 1.807) is 0 Å². The van der Waals surface area contributed by atoms with E-state index in [0.717, 1.165) is 5.52 Å². The second-order valence-electron chi connectivity index (χ2n) is 5.76. The second kappa shape index (κ2) is 5.33. The number of aromatic nitrogens is 2. The van der Waals surface area contributed by atoms with E-state index in [1.165, 1.54) is 43.4 Å². The number of rotatable bonds is 3. The van der Waals surface area contributed by atoms with Crippen molar-refractivity contribution in [3.05, 3.63) is 30.1 Å². The zero-order chi connectivity index (χ0) is 13.2. The molecule has 1 saturated carbocycles. The summed E-state index contributed by atoms with van der Waals surface area (Å²) in [5.41, 5.74) is 8.38. The normalized spacial score (nSPS) is 18.8. The highest BCUT2D eigenvalue weighted by molar-refractivity contribution is 5.75. The fraction of sp³-hybridized carbons (Fsp3) is 0.562. The van der Waals surface area contributed by atoms with Crippen molar-refractivity contribution in [2.24, 2.45) is 18.7 Å². The number of aryl methyl sites for hydroxylation is 1. The Morgan fingerprint density at radius 1 is 1.26 bits per heavy atom. The van der Waals surface area contributed by atoms with Gasteiger partial charge < -0.3 is 10.3 Å².